The van der Waals surface area contributed by atoms with E-state index in [1.54, 1.807) is 0 Å². The molecule has 1 aromatic rings. The maximum atomic E-state index is 11.6. The third kappa shape index (κ3) is 6.13. The summed E-state index contributed by atoms with van der Waals surface area (Å²) >= 11 is 0. The first-order valence-corrected chi connectivity index (χ1v) is 6.46. The van der Waals surface area contributed by atoms with E-state index in [0.717, 1.165) is 5.56 Å². The third-order valence-electron chi connectivity index (χ3n) is 2.78. The first-order chi connectivity index (χ1) is 9.49. The maximum Gasteiger partial charge on any atom is 0.408 e. The highest BCUT2D eigenvalue weighted by Gasteiger charge is 2.18. The number of hydrogen-bond acceptors (Lipinski definition) is 4. The molecule has 0 radical (unpaired) electrons. The number of nitrogens with one attached hydrogen (secondary N) is 1. The van der Waals surface area contributed by atoms with Gasteiger partial charge in [0.25, 0.3) is 0 Å². The summed E-state index contributed by atoms with van der Waals surface area (Å²) in [6, 6.07) is 8.57. The molecule has 1 rings (SSSR count). The van der Waals surface area contributed by atoms with Crippen LogP contribution in [-0.2, 0) is 20.9 Å². The van der Waals surface area contributed by atoms with Crippen LogP contribution in [0.2, 0.25) is 0 Å². The molecule has 0 bridgehead atoms. The van der Waals surface area contributed by atoms with Crippen LogP contribution in [0.3, 0.4) is 0 Å². The smallest absolute Gasteiger partial charge is 0.408 e. The molecule has 0 aromatic heterocycles. The molecule has 0 aliphatic heterocycles. The summed E-state index contributed by atoms with van der Waals surface area (Å²) in [5.41, 5.74) is 0.866. The first kappa shape index (κ1) is 15.9. The van der Waals surface area contributed by atoms with E-state index in [1.165, 1.54) is 13.8 Å². The molecule has 5 nitrogen and oxygen atoms in total. The van der Waals surface area contributed by atoms with Gasteiger partial charge in [0.15, 0.2) is 5.78 Å². The quantitative estimate of drug-likeness (QED) is 0.829. The average molecular weight is 277 g/mol. The Morgan fingerprint density at radius 3 is 2.35 bits per heavy atom. The number of carbonyl (C=O) groups is 3. The van der Waals surface area contributed by atoms with E-state index in [9.17, 15) is 14.4 Å². The molecule has 5 heteroatoms. The third-order valence-corrected chi connectivity index (χ3v) is 2.78. The van der Waals surface area contributed by atoms with E-state index < -0.39 is 12.1 Å². The summed E-state index contributed by atoms with van der Waals surface area (Å²) in [5, 5.41) is 2.48. The molecule has 1 N–H and O–H groups in total. The number of Topliss-reactive ketones (excluding diaryl/α,β-unsaturated/α-hetero) is 2. The zero-order valence-corrected chi connectivity index (χ0v) is 11.7. The van der Waals surface area contributed by atoms with Crippen LogP contribution in [0.25, 0.3) is 0 Å². The lowest BCUT2D eigenvalue weighted by molar-refractivity contribution is -0.119. The number of alkyl carbamates (subject to hydrolysis) is 1. The van der Waals surface area contributed by atoms with Crippen molar-refractivity contribution in [3.63, 3.8) is 0 Å². The van der Waals surface area contributed by atoms with Crippen molar-refractivity contribution < 1.29 is 19.1 Å². The fraction of sp³-hybridized carbons (Fsp3) is 0.400. The largest absolute Gasteiger partial charge is 0.445 e. The molecule has 0 fully saturated rings. The molecule has 0 aliphatic rings. The van der Waals surface area contributed by atoms with Gasteiger partial charge in [-0.25, -0.2) is 4.79 Å². The fourth-order valence-electron chi connectivity index (χ4n) is 1.63. The van der Waals surface area contributed by atoms with Gasteiger partial charge in [-0.15, -0.1) is 0 Å². The second-order valence-electron chi connectivity index (χ2n) is 4.61. The van der Waals surface area contributed by atoms with Crippen molar-refractivity contribution in [3.8, 4) is 0 Å². The lowest BCUT2D eigenvalue weighted by Gasteiger charge is -2.15. The Hall–Kier alpha value is -2.17. The van der Waals surface area contributed by atoms with Crippen LogP contribution in [0.15, 0.2) is 30.3 Å². The molecule has 1 amide bonds. The number of benzene rings is 1. The lowest BCUT2D eigenvalue weighted by atomic mass is 10.1. The molecule has 108 valence electrons. The summed E-state index contributed by atoms with van der Waals surface area (Å²) in [6.45, 7) is 2.97. The molecule has 20 heavy (non-hydrogen) atoms. The van der Waals surface area contributed by atoms with Crippen molar-refractivity contribution in [2.45, 2.75) is 39.3 Å². The topological polar surface area (TPSA) is 72.5 Å². The number of ether oxygens (including phenoxy) is 1. The zero-order valence-electron chi connectivity index (χ0n) is 11.7. The van der Waals surface area contributed by atoms with E-state index in [2.05, 4.69) is 5.32 Å². The van der Waals surface area contributed by atoms with Gasteiger partial charge >= 0.3 is 6.09 Å². The SMILES string of the molecule is CC(=O)CCC(NC(=O)OCc1ccccc1)C(C)=O. The van der Waals surface area contributed by atoms with Gasteiger partial charge in [-0.2, -0.15) is 0 Å². The summed E-state index contributed by atoms with van der Waals surface area (Å²) in [7, 11) is 0. The molecular formula is C15H19NO4. The standard InChI is InChI=1S/C15H19NO4/c1-11(17)8-9-14(12(2)18)16-15(19)20-10-13-6-4-3-5-7-13/h3-7,14H,8-10H2,1-2H3,(H,16,19). The predicted octanol–water partition coefficient (Wildman–Crippen LogP) is 2.24. The van der Waals surface area contributed by atoms with Crippen LogP contribution in [0.1, 0.15) is 32.3 Å². The van der Waals surface area contributed by atoms with Crippen molar-refractivity contribution in [3.05, 3.63) is 35.9 Å². The van der Waals surface area contributed by atoms with E-state index in [4.69, 9.17) is 4.74 Å². The van der Waals surface area contributed by atoms with E-state index in [1.807, 2.05) is 30.3 Å². The molecule has 0 saturated heterocycles. The van der Waals surface area contributed by atoms with Gasteiger partial charge in [0.1, 0.15) is 12.4 Å². The van der Waals surface area contributed by atoms with Gasteiger partial charge in [0, 0.05) is 6.42 Å². The van der Waals surface area contributed by atoms with E-state index >= 15 is 0 Å². The van der Waals surface area contributed by atoms with Crippen LogP contribution in [0.4, 0.5) is 4.79 Å². The number of rotatable bonds is 7. The normalized spacial score (nSPS) is 11.5. The zero-order chi connectivity index (χ0) is 15.0. The van der Waals surface area contributed by atoms with Gasteiger partial charge in [-0.3, -0.25) is 4.79 Å². The fourth-order valence-corrected chi connectivity index (χ4v) is 1.63. The van der Waals surface area contributed by atoms with Crippen molar-refractivity contribution in [1.29, 1.82) is 0 Å². The average Bonchev–Trinajstić information content (AvgIpc) is 2.41. The van der Waals surface area contributed by atoms with Crippen molar-refractivity contribution in [1.82, 2.24) is 5.32 Å². The second kappa shape index (κ2) is 8.09. The van der Waals surface area contributed by atoms with Crippen LogP contribution in [0, 0.1) is 0 Å². The van der Waals surface area contributed by atoms with Crippen molar-refractivity contribution in [2.24, 2.45) is 0 Å². The molecule has 1 unspecified atom stereocenters. The van der Waals surface area contributed by atoms with Crippen LogP contribution in [0.5, 0.6) is 0 Å². The number of amides is 1. The summed E-state index contributed by atoms with van der Waals surface area (Å²) in [5.74, 6) is -0.210. The Morgan fingerprint density at radius 2 is 1.80 bits per heavy atom. The molecule has 0 aliphatic carbocycles. The Morgan fingerprint density at radius 1 is 1.15 bits per heavy atom. The van der Waals surface area contributed by atoms with E-state index in [-0.39, 0.29) is 24.6 Å². The monoisotopic (exact) mass is 277 g/mol. The summed E-state index contributed by atoms with van der Waals surface area (Å²) < 4.78 is 5.03. The molecule has 0 heterocycles. The van der Waals surface area contributed by atoms with E-state index in [0.29, 0.717) is 6.42 Å². The van der Waals surface area contributed by atoms with Gasteiger partial charge in [-0.05, 0) is 25.8 Å². The highest BCUT2D eigenvalue weighted by molar-refractivity contribution is 5.86. The Kier molecular flexibility index (Phi) is 6.43. The Balaban J connectivity index is 2.41. The minimum atomic E-state index is -0.679. The van der Waals surface area contributed by atoms with Crippen LogP contribution in [-0.4, -0.2) is 23.7 Å². The van der Waals surface area contributed by atoms with Crippen molar-refractivity contribution in [2.75, 3.05) is 0 Å². The molecule has 1 atom stereocenters. The Bertz CT molecular complexity index is 470. The highest BCUT2D eigenvalue weighted by atomic mass is 16.5. The Labute approximate surface area is 118 Å². The number of carbonyl (C=O) groups excluding carboxylic acids is 3. The van der Waals surface area contributed by atoms with Gasteiger partial charge in [0.05, 0.1) is 6.04 Å². The molecule has 1 aromatic carbocycles. The second-order valence-corrected chi connectivity index (χ2v) is 4.61. The van der Waals surface area contributed by atoms with Gasteiger partial charge < -0.3 is 14.8 Å². The minimum Gasteiger partial charge on any atom is -0.445 e. The summed E-state index contributed by atoms with van der Waals surface area (Å²) in [6.07, 6.45) is -0.105. The number of ketones is 2. The minimum absolute atomic E-state index is 0.0179. The van der Waals surface area contributed by atoms with Gasteiger partial charge in [0.2, 0.25) is 0 Å². The lowest BCUT2D eigenvalue weighted by Crippen LogP contribution is -2.40. The van der Waals surface area contributed by atoms with Crippen molar-refractivity contribution >= 4 is 17.7 Å². The first-order valence-electron chi connectivity index (χ1n) is 6.46. The molecule has 0 spiro atoms. The highest BCUT2D eigenvalue weighted by Crippen LogP contribution is 2.03. The maximum absolute atomic E-state index is 11.6. The number of hydrogen-bond donors (Lipinski definition) is 1. The summed E-state index contributed by atoms with van der Waals surface area (Å²) in [4.78, 5) is 33.9. The predicted molar refractivity (Wildman–Crippen MR) is 74.1 cm³/mol. The molecule has 0 saturated carbocycles. The van der Waals surface area contributed by atoms with Crippen LogP contribution < -0.4 is 5.32 Å². The van der Waals surface area contributed by atoms with Crippen LogP contribution >= 0.6 is 0 Å². The van der Waals surface area contributed by atoms with Gasteiger partial charge in [-0.1, -0.05) is 30.3 Å². The molecular weight excluding hydrogens is 258 g/mol.